The number of unbranched alkanes of at least 4 members (excludes halogenated alkanes) is 24. The van der Waals surface area contributed by atoms with Crippen molar-refractivity contribution in [3.8, 4) is 0 Å². The van der Waals surface area contributed by atoms with Gasteiger partial charge in [-0.3, -0.25) is 9.59 Å². The van der Waals surface area contributed by atoms with Gasteiger partial charge in [-0.15, -0.1) is 4.70 Å². The molecular formula is C37H76N3O4+. The minimum absolute atomic E-state index is 0.150. The monoisotopic (exact) mass is 627 g/mol. The Morgan fingerprint density at radius 1 is 0.455 bits per heavy atom. The van der Waals surface area contributed by atoms with Gasteiger partial charge in [-0.25, -0.2) is 0 Å². The molecule has 0 rings (SSSR count). The number of hydrogen-bond acceptors (Lipinski definition) is 4. The van der Waals surface area contributed by atoms with Crippen LogP contribution in [0.1, 0.15) is 207 Å². The van der Waals surface area contributed by atoms with E-state index in [0.29, 0.717) is 25.8 Å². The first-order valence-corrected chi connectivity index (χ1v) is 19.2. The van der Waals surface area contributed by atoms with Gasteiger partial charge in [0.15, 0.2) is 6.54 Å². The van der Waals surface area contributed by atoms with Gasteiger partial charge in [0.05, 0.1) is 0 Å². The summed E-state index contributed by atoms with van der Waals surface area (Å²) in [7, 11) is 0. The Morgan fingerprint density at radius 2 is 0.727 bits per heavy atom. The van der Waals surface area contributed by atoms with Gasteiger partial charge in [0, 0.05) is 12.8 Å². The molecule has 7 nitrogen and oxygen atoms in total. The first-order chi connectivity index (χ1) is 21.4. The highest BCUT2D eigenvalue weighted by molar-refractivity contribution is 5.76. The number of hydrogen-bond donors (Lipinski definition) is 4. The average Bonchev–Trinajstić information content (AvgIpc) is 2.97. The summed E-state index contributed by atoms with van der Waals surface area (Å²) in [6, 6.07) is 0. The van der Waals surface area contributed by atoms with E-state index in [0.717, 1.165) is 38.5 Å². The molecule has 0 bridgehead atoms. The second-order valence-corrected chi connectivity index (χ2v) is 13.4. The van der Waals surface area contributed by atoms with Crippen LogP contribution in [0.15, 0.2) is 0 Å². The summed E-state index contributed by atoms with van der Waals surface area (Å²) in [5, 5.41) is 19.6. The molecule has 2 amide bonds. The van der Waals surface area contributed by atoms with Gasteiger partial charge in [-0.2, -0.15) is 10.9 Å². The van der Waals surface area contributed by atoms with Crippen molar-refractivity contribution in [3.05, 3.63) is 0 Å². The highest BCUT2D eigenvalue weighted by atomic mass is 16.5. The Bertz CT molecular complexity index is 600. The Morgan fingerprint density at radius 3 is 0.977 bits per heavy atom. The molecule has 0 saturated carbocycles. The van der Waals surface area contributed by atoms with Crippen molar-refractivity contribution in [2.45, 2.75) is 213 Å². The number of nitrogens with zero attached hydrogens (tertiary/aromatic N) is 1. The molecule has 0 spiro atoms. The van der Waals surface area contributed by atoms with Crippen molar-refractivity contribution in [2.75, 3.05) is 13.1 Å². The summed E-state index contributed by atoms with van der Waals surface area (Å²) in [4.78, 5) is 25.7. The quantitative estimate of drug-likeness (QED) is 0.0247. The van der Waals surface area contributed by atoms with Crippen molar-refractivity contribution >= 4 is 11.8 Å². The van der Waals surface area contributed by atoms with Crippen LogP contribution in [0.3, 0.4) is 0 Å². The van der Waals surface area contributed by atoms with E-state index in [4.69, 9.17) is 0 Å². The largest absolute Gasteiger partial charge is 0.364 e. The minimum atomic E-state index is -1.63. The molecule has 0 radical (unpaired) electrons. The third-order valence-electron chi connectivity index (χ3n) is 8.77. The van der Waals surface area contributed by atoms with E-state index >= 15 is 0 Å². The van der Waals surface area contributed by atoms with E-state index in [9.17, 15) is 19.8 Å². The van der Waals surface area contributed by atoms with E-state index < -0.39 is 6.29 Å². The first-order valence-electron chi connectivity index (χ1n) is 19.2. The van der Waals surface area contributed by atoms with Gasteiger partial charge in [-0.05, 0) is 19.3 Å². The molecule has 0 aliphatic rings. The zero-order chi connectivity index (χ0) is 32.6. The van der Waals surface area contributed by atoms with Crippen molar-refractivity contribution in [1.82, 2.24) is 10.9 Å². The second kappa shape index (κ2) is 31.8. The Hall–Kier alpha value is -1.18. The predicted molar refractivity (Wildman–Crippen MR) is 185 cm³/mol. The van der Waals surface area contributed by atoms with Crippen molar-refractivity contribution in [2.24, 2.45) is 0 Å². The van der Waals surface area contributed by atoms with Crippen LogP contribution in [0, 0.1) is 0 Å². The van der Waals surface area contributed by atoms with E-state index in [2.05, 4.69) is 24.7 Å². The van der Waals surface area contributed by atoms with Crippen LogP contribution in [0.5, 0.6) is 0 Å². The van der Waals surface area contributed by atoms with Gasteiger partial charge >= 0.3 is 0 Å². The molecule has 262 valence electrons. The molecule has 0 aliphatic carbocycles. The molecule has 0 heterocycles. The van der Waals surface area contributed by atoms with E-state index in [-0.39, 0.29) is 23.1 Å². The summed E-state index contributed by atoms with van der Waals surface area (Å²) < 4.78 is -0.303. The maximum absolute atomic E-state index is 12.8. The fourth-order valence-corrected chi connectivity index (χ4v) is 6.18. The predicted octanol–water partition coefficient (Wildman–Crippen LogP) is 9.55. The molecule has 0 saturated heterocycles. The van der Waals surface area contributed by atoms with Crippen molar-refractivity contribution in [3.63, 3.8) is 0 Å². The number of aliphatic hydroxyl groups is 2. The molecule has 44 heavy (non-hydrogen) atoms. The maximum Gasteiger partial charge on any atom is 0.267 e. The third kappa shape index (κ3) is 28.3. The van der Waals surface area contributed by atoms with Crippen LogP contribution >= 0.6 is 0 Å². The molecule has 0 unspecified atom stereocenters. The number of aliphatic hydroxyl groups excluding tert-OH is 1. The van der Waals surface area contributed by atoms with Gasteiger partial charge in [0.25, 0.3) is 11.8 Å². The summed E-state index contributed by atoms with van der Waals surface area (Å²) in [6.07, 6.45) is 32.4. The molecule has 0 aromatic rings. The lowest BCUT2D eigenvalue weighted by atomic mass is 10.0. The summed E-state index contributed by atoms with van der Waals surface area (Å²) >= 11 is 0. The number of amides is 2. The lowest BCUT2D eigenvalue weighted by molar-refractivity contribution is -0.997. The zero-order valence-electron chi connectivity index (χ0n) is 29.7. The Balaban J connectivity index is 4.18. The normalized spacial score (nSPS) is 11.8. The smallest absolute Gasteiger partial charge is 0.267 e. The topological polar surface area (TPSA) is 98.7 Å². The van der Waals surface area contributed by atoms with Crippen LogP contribution in [-0.4, -0.2) is 46.1 Å². The van der Waals surface area contributed by atoms with Crippen LogP contribution in [0.4, 0.5) is 0 Å². The Labute approximate surface area is 273 Å². The van der Waals surface area contributed by atoms with Gasteiger partial charge < -0.3 is 10.2 Å². The standard InChI is InChI=1S/C37H75N3O4/c1-4-7-9-11-13-15-17-19-21-23-25-27-29-31-35(41)38-40(33-6-3,34-37(43)44)39-36(42)32-30-28-26-24-22-20-18-16-14-12-10-8-5-2/h37,43-44H,4-34H2,1-3H3,(H-,38,39,41,42)/p+1. The van der Waals surface area contributed by atoms with Crippen molar-refractivity contribution in [1.29, 1.82) is 0 Å². The molecule has 0 aromatic heterocycles. The molecule has 0 fully saturated rings. The maximum atomic E-state index is 12.8. The molecule has 4 N–H and O–H groups in total. The van der Waals surface area contributed by atoms with Gasteiger partial charge in [-0.1, -0.05) is 175 Å². The SMILES string of the molecule is CCCCCCCCCCCCCCCC(=O)N[N+](CCC)(CC(O)O)NC(=O)CCCCCCCCCCCCCCC. The van der Waals surface area contributed by atoms with E-state index in [1.165, 1.54) is 128 Å². The number of carbonyl (C=O) groups is 2. The van der Waals surface area contributed by atoms with Gasteiger partial charge in [0.1, 0.15) is 6.54 Å². The van der Waals surface area contributed by atoms with Crippen LogP contribution in [0.25, 0.3) is 0 Å². The lowest BCUT2D eigenvalue weighted by Gasteiger charge is -2.36. The molecule has 7 heteroatoms. The fourth-order valence-electron chi connectivity index (χ4n) is 6.18. The van der Waals surface area contributed by atoms with Crippen molar-refractivity contribution < 1.29 is 24.5 Å². The fraction of sp³-hybridized carbons (Fsp3) is 0.946. The molecular weight excluding hydrogens is 550 g/mol. The van der Waals surface area contributed by atoms with Crippen LogP contribution < -0.4 is 10.9 Å². The van der Waals surface area contributed by atoms with Gasteiger partial charge in [0.2, 0.25) is 6.29 Å². The zero-order valence-corrected chi connectivity index (χ0v) is 29.7. The number of quaternary nitrogens is 1. The van der Waals surface area contributed by atoms with E-state index in [1.54, 1.807) is 0 Å². The number of carbonyl (C=O) groups excluding carboxylic acids is 2. The number of nitrogens with one attached hydrogen (secondary N) is 2. The number of rotatable bonds is 34. The minimum Gasteiger partial charge on any atom is -0.364 e. The lowest BCUT2D eigenvalue weighted by Crippen LogP contribution is -2.71. The summed E-state index contributed by atoms with van der Waals surface area (Å²) in [5.74, 6) is -0.299. The highest BCUT2D eigenvalue weighted by Gasteiger charge is 2.34. The van der Waals surface area contributed by atoms with Crippen LogP contribution in [-0.2, 0) is 9.59 Å². The molecule has 0 aromatic carbocycles. The van der Waals surface area contributed by atoms with Crippen LogP contribution in [0.2, 0.25) is 0 Å². The second-order valence-electron chi connectivity index (χ2n) is 13.4. The van der Waals surface area contributed by atoms with E-state index in [1.807, 2.05) is 6.92 Å². The highest BCUT2D eigenvalue weighted by Crippen LogP contribution is 2.15. The molecule has 0 aliphatic heterocycles. The summed E-state index contributed by atoms with van der Waals surface area (Å²) in [6.45, 7) is 6.73. The summed E-state index contributed by atoms with van der Waals surface area (Å²) in [5.41, 5.74) is 5.87. The third-order valence-corrected chi connectivity index (χ3v) is 8.77. The molecule has 0 atom stereocenters. The first kappa shape index (κ1) is 42.8. The Kier molecular flexibility index (Phi) is 30.9. The average molecular weight is 627 g/mol.